The maximum atomic E-state index is 14.5. The molecule has 0 bridgehead atoms. The Morgan fingerprint density at radius 3 is 2.14 bits per heavy atom. The standard InChI is InChI=1S/C37H30F5N7O7/c1-16(2)33(51)46-36-45-32-30(34(52)47-36)44-15-49(32)17-11-23(35(53)56-31-28(41)26(39)25(38)27(40)29(31)42)48(13-17)24(50)12-43-37(54)55-14-22-20-9-5-3-7-18(20)19-8-4-6-10-21(19)22/h3-10,15-17,22-23H,11-14H2,1-2H3,(H,43,54)(H2,45,46,47,51,52)/t17-,23-/m1/s1. The highest BCUT2D eigenvalue weighted by atomic mass is 19.2. The molecule has 3 aromatic carbocycles. The van der Waals surface area contributed by atoms with E-state index in [1.54, 1.807) is 13.8 Å². The van der Waals surface area contributed by atoms with Gasteiger partial charge in [0.15, 0.2) is 11.2 Å². The summed E-state index contributed by atoms with van der Waals surface area (Å²) in [7, 11) is 0. The molecule has 290 valence electrons. The van der Waals surface area contributed by atoms with E-state index in [-0.39, 0.29) is 36.2 Å². The van der Waals surface area contributed by atoms with Crippen molar-refractivity contribution in [2.75, 3.05) is 25.0 Å². The summed E-state index contributed by atoms with van der Waals surface area (Å²) in [6.07, 6.45) is -0.226. The van der Waals surface area contributed by atoms with Crippen molar-refractivity contribution in [3.63, 3.8) is 0 Å². The van der Waals surface area contributed by atoms with Crippen molar-refractivity contribution in [3.8, 4) is 16.9 Å². The van der Waals surface area contributed by atoms with E-state index in [0.29, 0.717) is 0 Å². The summed E-state index contributed by atoms with van der Waals surface area (Å²) in [5, 5.41) is 4.77. The van der Waals surface area contributed by atoms with E-state index in [1.807, 2.05) is 48.5 Å². The minimum absolute atomic E-state index is 0.0872. The van der Waals surface area contributed by atoms with Crippen molar-refractivity contribution < 1.29 is 50.6 Å². The van der Waals surface area contributed by atoms with Crippen LogP contribution in [0.5, 0.6) is 5.75 Å². The van der Waals surface area contributed by atoms with Crippen LogP contribution in [-0.2, 0) is 19.1 Å². The molecule has 7 rings (SSSR count). The molecule has 2 aromatic heterocycles. The van der Waals surface area contributed by atoms with Crippen molar-refractivity contribution in [1.82, 2.24) is 29.7 Å². The van der Waals surface area contributed by atoms with Crippen LogP contribution in [-0.4, -0.2) is 74.0 Å². The van der Waals surface area contributed by atoms with E-state index in [0.717, 1.165) is 27.2 Å². The Morgan fingerprint density at radius 1 is 0.911 bits per heavy atom. The lowest BCUT2D eigenvalue weighted by Crippen LogP contribution is -2.47. The molecule has 1 aliphatic heterocycles. The number of ether oxygens (including phenoxy) is 2. The van der Waals surface area contributed by atoms with Gasteiger partial charge >= 0.3 is 12.1 Å². The molecule has 0 spiro atoms. The number of benzene rings is 3. The zero-order valence-corrected chi connectivity index (χ0v) is 29.4. The van der Waals surface area contributed by atoms with Crippen LogP contribution in [0, 0.1) is 35.0 Å². The number of amides is 3. The van der Waals surface area contributed by atoms with Gasteiger partial charge in [0.05, 0.1) is 12.4 Å². The molecular formula is C37H30F5N7O7. The van der Waals surface area contributed by atoms with Crippen molar-refractivity contribution in [1.29, 1.82) is 0 Å². The summed E-state index contributed by atoms with van der Waals surface area (Å²) in [6.45, 7) is 1.98. The van der Waals surface area contributed by atoms with Gasteiger partial charge in [0.2, 0.25) is 52.6 Å². The molecule has 14 nitrogen and oxygen atoms in total. The number of alkyl carbamates (subject to hydrolysis) is 1. The number of rotatable bonds is 9. The van der Waals surface area contributed by atoms with Crippen molar-refractivity contribution in [2.24, 2.45) is 5.92 Å². The van der Waals surface area contributed by atoms with E-state index in [2.05, 4.69) is 25.6 Å². The number of esters is 1. The first-order valence-corrected chi connectivity index (χ1v) is 17.1. The predicted octanol–water partition coefficient (Wildman–Crippen LogP) is 4.70. The molecule has 1 aliphatic carbocycles. The van der Waals surface area contributed by atoms with Crippen LogP contribution in [0.15, 0.2) is 59.7 Å². The SMILES string of the molecule is CC(C)C(=O)Nc1nc2c(ncn2[C@@H]2C[C@H](C(=O)Oc3c(F)c(F)c(F)c(F)c3F)N(C(=O)CNC(=O)OCC3c4ccccc4-c4ccccc43)C2)c(=O)[nH]1. The molecule has 1 saturated heterocycles. The smallest absolute Gasteiger partial charge is 0.407 e. The summed E-state index contributed by atoms with van der Waals surface area (Å²) in [6, 6.07) is 12.5. The van der Waals surface area contributed by atoms with Gasteiger partial charge in [-0.3, -0.25) is 24.7 Å². The summed E-state index contributed by atoms with van der Waals surface area (Å²) >= 11 is 0. The van der Waals surface area contributed by atoms with Crippen LogP contribution < -0.4 is 20.9 Å². The van der Waals surface area contributed by atoms with E-state index in [9.17, 15) is 45.9 Å². The van der Waals surface area contributed by atoms with Gasteiger partial charge in [-0.15, -0.1) is 0 Å². The Balaban J connectivity index is 1.12. The number of halogens is 5. The molecule has 0 saturated carbocycles. The predicted molar refractivity (Wildman–Crippen MR) is 186 cm³/mol. The number of likely N-dealkylation sites (tertiary alicyclic amines) is 1. The number of hydrogen-bond donors (Lipinski definition) is 3. The van der Waals surface area contributed by atoms with Gasteiger partial charge < -0.3 is 24.3 Å². The molecule has 3 amide bonds. The van der Waals surface area contributed by atoms with Gasteiger partial charge in [-0.25, -0.2) is 27.7 Å². The summed E-state index contributed by atoms with van der Waals surface area (Å²) in [5.41, 5.74) is 2.84. The Bertz CT molecular complexity index is 2420. The van der Waals surface area contributed by atoms with Gasteiger partial charge in [0.1, 0.15) is 19.2 Å². The molecule has 5 aromatic rings. The highest BCUT2D eigenvalue weighted by Crippen LogP contribution is 2.44. The van der Waals surface area contributed by atoms with E-state index < -0.39 is 95.2 Å². The largest absolute Gasteiger partial charge is 0.449 e. The normalized spacial score (nSPS) is 16.2. The molecule has 0 unspecified atom stereocenters. The fraction of sp³-hybridized carbons (Fsp3) is 0.270. The highest BCUT2D eigenvalue weighted by molar-refractivity contribution is 5.91. The third-order valence-corrected chi connectivity index (χ3v) is 9.56. The van der Waals surface area contributed by atoms with Crippen LogP contribution in [0.3, 0.4) is 0 Å². The zero-order valence-electron chi connectivity index (χ0n) is 29.4. The number of anilines is 1. The van der Waals surface area contributed by atoms with Crippen LogP contribution in [0.4, 0.5) is 32.7 Å². The number of nitrogens with one attached hydrogen (secondary N) is 3. The minimum Gasteiger partial charge on any atom is -0.449 e. The van der Waals surface area contributed by atoms with Crippen molar-refractivity contribution in [3.05, 3.63) is 105 Å². The minimum atomic E-state index is -2.48. The molecule has 0 radical (unpaired) electrons. The van der Waals surface area contributed by atoms with Crippen LogP contribution >= 0.6 is 0 Å². The summed E-state index contributed by atoms with van der Waals surface area (Å²) < 4.78 is 82.2. The van der Waals surface area contributed by atoms with E-state index in [1.165, 1.54) is 10.9 Å². The van der Waals surface area contributed by atoms with Gasteiger partial charge in [-0.2, -0.15) is 13.8 Å². The number of aromatic nitrogens is 4. The number of nitrogens with zero attached hydrogens (tertiary/aromatic N) is 4. The fourth-order valence-corrected chi connectivity index (χ4v) is 6.77. The average Bonchev–Trinajstić information content (AvgIpc) is 3.91. The molecular weight excluding hydrogens is 749 g/mol. The highest BCUT2D eigenvalue weighted by Gasteiger charge is 2.43. The van der Waals surface area contributed by atoms with E-state index in [4.69, 9.17) is 9.47 Å². The molecule has 2 aliphatic rings. The zero-order chi connectivity index (χ0) is 40.0. The molecule has 3 heterocycles. The second-order valence-electron chi connectivity index (χ2n) is 13.3. The van der Waals surface area contributed by atoms with Gasteiger partial charge in [-0.05, 0) is 22.3 Å². The number of hydrogen-bond acceptors (Lipinski definition) is 9. The lowest BCUT2D eigenvalue weighted by Gasteiger charge is -2.23. The average molecular weight is 780 g/mol. The second-order valence-corrected chi connectivity index (χ2v) is 13.3. The monoisotopic (exact) mass is 779 g/mol. The third kappa shape index (κ3) is 6.79. The first kappa shape index (κ1) is 37.6. The second kappa shape index (κ2) is 14.9. The Labute approximate surface area is 312 Å². The molecule has 19 heteroatoms. The molecule has 2 atom stereocenters. The first-order valence-electron chi connectivity index (χ1n) is 17.1. The molecule has 3 N–H and O–H groups in total. The lowest BCUT2D eigenvalue weighted by molar-refractivity contribution is -0.146. The van der Waals surface area contributed by atoms with Crippen molar-refractivity contribution >= 4 is 41.0 Å². The number of carbonyl (C=O) groups excluding carboxylic acids is 4. The maximum Gasteiger partial charge on any atom is 0.407 e. The van der Waals surface area contributed by atoms with Crippen molar-refractivity contribution in [2.45, 2.75) is 38.3 Å². The number of fused-ring (bicyclic) bond motifs is 4. The summed E-state index contributed by atoms with van der Waals surface area (Å²) in [5.74, 6) is -17.9. The first-order chi connectivity index (χ1) is 26.7. The molecule has 56 heavy (non-hydrogen) atoms. The number of imidazole rings is 1. The maximum absolute atomic E-state index is 14.5. The fourth-order valence-electron chi connectivity index (χ4n) is 6.77. The molecule has 1 fully saturated rings. The Kier molecular flexibility index (Phi) is 10.0. The Morgan fingerprint density at radius 2 is 1.52 bits per heavy atom. The number of H-pyrrole nitrogens is 1. The lowest BCUT2D eigenvalue weighted by atomic mass is 9.98. The number of aromatic amines is 1. The quantitative estimate of drug-likeness (QED) is 0.0630. The summed E-state index contributed by atoms with van der Waals surface area (Å²) in [4.78, 5) is 76.7. The van der Waals surface area contributed by atoms with Gasteiger partial charge in [-0.1, -0.05) is 62.4 Å². The topological polar surface area (TPSA) is 178 Å². The van der Waals surface area contributed by atoms with Crippen LogP contribution in [0.2, 0.25) is 0 Å². The number of carbonyl (C=O) groups is 4. The van der Waals surface area contributed by atoms with E-state index >= 15 is 0 Å². The Hall–Kier alpha value is -6.66. The van der Waals surface area contributed by atoms with Gasteiger partial charge in [0, 0.05) is 24.8 Å². The van der Waals surface area contributed by atoms with Crippen LogP contribution in [0.1, 0.15) is 43.4 Å². The third-order valence-electron chi connectivity index (χ3n) is 9.56. The van der Waals surface area contributed by atoms with Gasteiger partial charge in [0.25, 0.3) is 5.56 Å². The van der Waals surface area contributed by atoms with Crippen LogP contribution in [0.25, 0.3) is 22.3 Å².